The van der Waals surface area contributed by atoms with E-state index in [-0.39, 0.29) is 6.61 Å². The second-order valence-electron chi connectivity index (χ2n) is 6.42. The number of dihydropyridines is 1. The summed E-state index contributed by atoms with van der Waals surface area (Å²) in [4.78, 5) is 17.5. The molecule has 9 heteroatoms. The van der Waals surface area contributed by atoms with Crippen molar-refractivity contribution in [3.8, 4) is 5.75 Å². The SMILES string of the molecule is COC(=O)C1=CCNC(/C(COc2cc(Cl)cc(Cl)c2)=N/OC2CCCCO2)=C1. The number of ether oxygens (including phenoxy) is 3. The van der Waals surface area contributed by atoms with E-state index in [4.69, 9.17) is 42.3 Å². The number of nitrogens with zero attached hydrogens (tertiary/aromatic N) is 1. The molecule has 7 nitrogen and oxygen atoms in total. The quantitative estimate of drug-likeness (QED) is 0.394. The summed E-state index contributed by atoms with van der Waals surface area (Å²) in [6.07, 6.45) is 5.77. The summed E-state index contributed by atoms with van der Waals surface area (Å²) in [5.74, 6) is 0.0617. The molecule has 0 bridgehead atoms. The average molecular weight is 441 g/mol. The van der Waals surface area contributed by atoms with Crippen molar-refractivity contribution >= 4 is 34.9 Å². The molecular weight excluding hydrogens is 419 g/mol. The third kappa shape index (κ3) is 6.39. The highest BCUT2D eigenvalue weighted by Gasteiger charge is 2.19. The van der Waals surface area contributed by atoms with Gasteiger partial charge in [0.2, 0.25) is 6.29 Å². The fourth-order valence-corrected chi connectivity index (χ4v) is 3.32. The lowest BCUT2D eigenvalue weighted by atomic mass is 10.1. The number of benzene rings is 1. The predicted molar refractivity (Wildman–Crippen MR) is 110 cm³/mol. The highest BCUT2D eigenvalue weighted by molar-refractivity contribution is 6.34. The minimum absolute atomic E-state index is 0.0661. The maximum atomic E-state index is 11.9. The van der Waals surface area contributed by atoms with Gasteiger partial charge in [0.1, 0.15) is 18.1 Å². The first-order chi connectivity index (χ1) is 14.0. The van der Waals surface area contributed by atoms with E-state index in [1.54, 1.807) is 30.4 Å². The summed E-state index contributed by atoms with van der Waals surface area (Å²) in [5.41, 5.74) is 1.48. The minimum Gasteiger partial charge on any atom is -0.487 e. The molecule has 1 N–H and O–H groups in total. The Bertz CT molecular complexity index is 812. The normalized spacial score (nSPS) is 19.6. The van der Waals surface area contributed by atoms with E-state index >= 15 is 0 Å². The number of hydrogen-bond acceptors (Lipinski definition) is 7. The van der Waals surface area contributed by atoms with E-state index < -0.39 is 12.3 Å². The van der Waals surface area contributed by atoms with E-state index in [1.165, 1.54) is 7.11 Å². The van der Waals surface area contributed by atoms with Gasteiger partial charge in [0.15, 0.2) is 0 Å². The molecule has 0 saturated carbocycles. The third-order valence-corrected chi connectivity index (χ3v) is 4.71. The molecule has 156 valence electrons. The first-order valence-corrected chi connectivity index (χ1v) is 9.98. The van der Waals surface area contributed by atoms with Crippen molar-refractivity contribution in [2.75, 3.05) is 26.9 Å². The van der Waals surface area contributed by atoms with Gasteiger partial charge in [-0.05, 0) is 37.1 Å². The van der Waals surface area contributed by atoms with Gasteiger partial charge in [0, 0.05) is 23.0 Å². The van der Waals surface area contributed by atoms with Crippen LogP contribution in [0.3, 0.4) is 0 Å². The summed E-state index contributed by atoms with van der Waals surface area (Å²) in [6, 6.07) is 4.92. The van der Waals surface area contributed by atoms with Crippen LogP contribution in [0.25, 0.3) is 0 Å². The van der Waals surface area contributed by atoms with Crippen LogP contribution in [0.15, 0.2) is 46.8 Å². The second kappa shape index (κ2) is 10.5. The van der Waals surface area contributed by atoms with Crippen molar-refractivity contribution in [2.24, 2.45) is 5.16 Å². The van der Waals surface area contributed by atoms with Gasteiger partial charge >= 0.3 is 5.97 Å². The van der Waals surface area contributed by atoms with E-state index in [2.05, 4.69) is 10.5 Å². The summed E-state index contributed by atoms with van der Waals surface area (Å²) in [7, 11) is 1.34. The van der Waals surface area contributed by atoms with Crippen LogP contribution in [0.2, 0.25) is 10.0 Å². The topological polar surface area (TPSA) is 78.4 Å². The van der Waals surface area contributed by atoms with Gasteiger partial charge in [-0.3, -0.25) is 0 Å². The van der Waals surface area contributed by atoms with Crippen molar-refractivity contribution in [1.29, 1.82) is 0 Å². The van der Waals surface area contributed by atoms with Gasteiger partial charge in [-0.25, -0.2) is 4.79 Å². The molecule has 0 amide bonds. The summed E-state index contributed by atoms with van der Waals surface area (Å²) >= 11 is 12.1. The van der Waals surface area contributed by atoms with Crippen LogP contribution in [-0.4, -0.2) is 44.8 Å². The summed E-state index contributed by atoms with van der Waals surface area (Å²) in [6.45, 7) is 1.15. The zero-order valence-corrected chi connectivity index (χ0v) is 17.5. The zero-order valence-electron chi connectivity index (χ0n) is 16.0. The number of oxime groups is 1. The van der Waals surface area contributed by atoms with E-state index in [0.717, 1.165) is 19.3 Å². The van der Waals surface area contributed by atoms with Crippen LogP contribution in [0, 0.1) is 0 Å². The smallest absolute Gasteiger partial charge is 0.337 e. The van der Waals surface area contributed by atoms with E-state index in [0.29, 0.717) is 45.9 Å². The predicted octanol–water partition coefficient (Wildman–Crippen LogP) is 3.86. The molecule has 1 unspecified atom stereocenters. The molecule has 1 atom stereocenters. The Morgan fingerprint density at radius 3 is 2.76 bits per heavy atom. The number of carbonyl (C=O) groups excluding carboxylic acids is 1. The number of halogens is 2. The molecule has 0 aliphatic carbocycles. The van der Waals surface area contributed by atoms with Crippen LogP contribution in [0.5, 0.6) is 5.75 Å². The Morgan fingerprint density at radius 2 is 2.07 bits per heavy atom. The van der Waals surface area contributed by atoms with Gasteiger partial charge in [-0.1, -0.05) is 34.4 Å². The number of esters is 1. The molecule has 2 heterocycles. The average Bonchev–Trinajstić information content (AvgIpc) is 2.73. The van der Waals surface area contributed by atoms with Crippen LogP contribution < -0.4 is 10.1 Å². The van der Waals surface area contributed by atoms with E-state index in [1.807, 2.05) is 0 Å². The highest BCUT2D eigenvalue weighted by atomic mass is 35.5. The monoisotopic (exact) mass is 440 g/mol. The summed E-state index contributed by atoms with van der Waals surface area (Å²) in [5, 5.41) is 8.33. The second-order valence-corrected chi connectivity index (χ2v) is 7.30. The Hall–Kier alpha value is -2.22. The lowest BCUT2D eigenvalue weighted by molar-refractivity contribution is -0.162. The molecule has 0 aromatic heterocycles. The van der Waals surface area contributed by atoms with Gasteiger partial charge in [-0.15, -0.1) is 0 Å². The van der Waals surface area contributed by atoms with Crippen molar-refractivity contribution < 1.29 is 23.8 Å². The molecule has 0 spiro atoms. The van der Waals surface area contributed by atoms with Crippen molar-refractivity contribution in [3.63, 3.8) is 0 Å². The maximum absolute atomic E-state index is 11.9. The maximum Gasteiger partial charge on any atom is 0.337 e. The molecule has 0 radical (unpaired) electrons. The third-order valence-electron chi connectivity index (χ3n) is 4.28. The largest absolute Gasteiger partial charge is 0.487 e. The number of hydrogen-bond donors (Lipinski definition) is 1. The Labute approximate surface area is 179 Å². The van der Waals surface area contributed by atoms with Crippen molar-refractivity contribution in [2.45, 2.75) is 25.6 Å². The Balaban J connectivity index is 1.78. The highest BCUT2D eigenvalue weighted by Crippen LogP contribution is 2.24. The van der Waals surface area contributed by atoms with Gasteiger partial charge < -0.3 is 24.4 Å². The van der Waals surface area contributed by atoms with E-state index in [9.17, 15) is 4.79 Å². The molecule has 1 aromatic rings. The number of methoxy groups -OCH3 is 1. The molecule has 29 heavy (non-hydrogen) atoms. The van der Waals surface area contributed by atoms with Crippen LogP contribution in [0.1, 0.15) is 19.3 Å². The number of nitrogens with one attached hydrogen (secondary N) is 1. The Kier molecular flexibility index (Phi) is 7.80. The fraction of sp³-hybridized carbons (Fsp3) is 0.400. The molecular formula is C20H22Cl2N2O5. The minimum atomic E-state index is -0.428. The Morgan fingerprint density at radius 1 is 1.28 bits per heavy atom. The molecule has 3 rings (SSSR count). The van der Waals surface area contributed by atoms with Crippen molar-refractivity contribution in [1.82, 2.24) is 5.32 Å². The molecule has 1 saturated heterocycles. The molecule has 1 fully saturated rings. The van der Waals surface area contributed by atoms with Crippen molar-refractivity contribution in [3.05, 3.63) is 51.7 Å². The van der Waals surface area contributed by atoms with Crippen LogP contribution in [-0.2, 0) is 19.1 Å². The molecule has 1 aromatic carbocycles. The standard InChI is InChI=1S/C20H22Cl2N2O5/c1-26-20(25)13-5-6-23-17(8-13)18(24-29-19-4-2-3-7-27-19)12-28-16-10-14(21)9-15(22)11-16/h5,8-11,19,23H,2-4,6-7,12H2,1H3/b24-18+. The van der Waals surface area contributed by atoms with Crippen LogP contribution in [0.4, 0.5) is 0 Å². The number of rotatable bonds is 7. The first kappa shape index (κ1) is 21.5. The molecule has 2 aliphatic rings. The first-order valence-electron chi connectivity index (χ1n) is 9.23. The van der Waals surface area contributed by atoms with Crippen LogP contribution >= 0.6 is 23.2 Å². The van der Waals surface area contributed by atoms with Gasteiger partial charge in [0.25, 0.3) is 0 Å². The summed E-state index contributed by atoms with van der Waals surface area (Å²) < 4.78 is 16.2. The molecule has 2 aliphatic heterocycles. The zero-order chi connectivity index (χ0) is 20.6. The number of carbonyl (C=O) groups is 1. The van der Waals surface area contributed by atoms with Gasteiger partial charge in [-0.2, -0.15) is 0 Å². The fourth-order valence-electron chi connectivity index (χ4n) is 2.82. The lowest BCUT2D eigenvalue weighted by Crippen LogP contribution is -2.30. The van der Waals surface area contributed by atoms with Gasteiger partial charge in [0.05, 0.1) is 25.0 Å². The lowest BCUT2D eigenvalue weighted by Gasteiger charge is -2.22.